The van der Waals surface area contributed by atoms with Gasteiger partial charge in [0.05, 0.1) is 27.9 Å². The summed E-state index contributed by atoms with van der Waals surface area (Å²) in [5.74, 6) is -3.10. The van der Waals surface area contributed by atoms with E-state index in [2.05, 4.69) is 15.3 Å². The summed E-state index contributed by atoms with van der Waals surface area (Å²) in [6, 6.07) is 14.5. The van der Waals surface area contributed by atoms with Crippen molar-refractivity contribution >= 4 is 45.7 Å². The number of nitro benzene ring substituents is 1. The fraction of sp³-hybridized carbons (Fsp3) is 0.0400. The van der Waals surface area contributed by atoms with Gasteiger partial charge >= 0.3 is 0 Å². The Morgan fingerprint density at radius 3 is 2.28 bits per heavy atom. The van der Waals surface area contributed by atoms with E-state index >= 15 is 0 Å². The van der Waals surface area contributed by atoms with Crippen LogP contribution in [0.5, 0.6) is 0 Å². The van der Waals surface area contributed by atoms with Gasteiger partial charge in [0, 0.05) is 22.8 Å². The fourth-order valence-corrected chi connectivity index (χ4v) is 4.05. The van der Waals surface area contributed by atoms with Gasteiger partial charge in [0.2, 0.25) is 5.78 Å². The number of carbonyl (C=O) groups excluding carboxylic acids is 4. The number of H-pyrrole nitrogens is 1. The fourth-order valence-electron chi connectivity index (χ4n) is 4.05. The normalized spacial score (nSPS) is 12.1. The molecule has 1 aromatic heterocycles. The summed E-state index contributed by atoms with van der Waals surface area (Å²) >= 11 is 0. The minimum Gasteiger partial charge on any atom is -0.319 e. The standard InChI is InChI=1S/C25H14N4O7/c30-19(25(34)27-15-7-3-4-8-18(15)29(35)36)11-17-24(33)28-16-10-9-14-20(21(16)26-17)23(32)13-6-2-1-5-12(13)22(14)31/h1-10H,11H2,(H,27,34)(H,28,33). The van der Waals surface area contributed by atoms with Crippen LogP contribution in [0.2, 0.25) is 0 Å². The summed E-state index contributed by atoms with van der Waals surface area (Å²) in [6.45, 7) is 0. The van der Waals surface area contributed by atoms with Gasteiger partial charge in [0.15, 0.2) is 11.6 Å². The molecular weight excluding hydrogens is 468 g/mol. The highest BCUT2D eigenvalue weighted by atomic mass is 16.6. The summed E-state index contributed by atoms with van der Waals surface area (Å²) in [5, 5.41) is 13.3. The maximum absolute atomic E-state index is 13.2. The zero-order valence-corrected chi connectivity index (χ0v) is 18.2. The van der Waals surface area contributed by atoms with Crippen LogP contribution in [0.25, 0.3) is 11.0 Å². The number of nitrogens with one attached hydrogen (secondary N) is 2. The van der Waals surface area contributed by atoms with Crippen LogP contribution in [0.15, 0.2) is 65.5 Å². The number of anilines is 1. The molecule has 176 valence electrons. The van der Waals surface area contributed by atoms with Crippen LogP contribution in [0.4, 0.5) is 11.4 Å². The molecule has 0 fully saturated rings. The summed E-state index contributed by atoms with van der Waals surface area (Å²) in [5.41, 5.74) is -0.960. The lowest BCUT2D eigenvalue weighted by Crippen LogP contribution is -2.29. The number of rotatable bonds is 5. The van der Waals surface area contributed by atoms with Crippen molar-refractivity contribution in [1.82, 2.24) is 9.97 Å². The highest BCUT2D eigenvalue weighted by Crippen LogP contribution is 2.31. The van der Waals surface area contributed by atoms with Gasteiger partial charge in [-0.25, -0.2) is 4.98 Å². The molecule has 1 aliphatic carbocycles. The Morgan fingerprint density at radius 1 is 0.889 bits per heavy atom. The molecule has 0 radical (unpaired) electrons. The highest BCUT2D eigenvalue weighted by Gasteiger charge is 2.32. The van der Waals surface area contributed by atoms with Gasteiger partial charge in [-0.1, -0.05) is 36.4 Å². The van der Waals surface area contributed by atoms with Gasteiger partial charge < -0.3 is 10.3 Å². The highest BCUT2D eigenvalue weighted by molar-refractivity contribution is 6.41. The average Bonchev–Trinajstić information content (AvgIpc) is 2.87. The molecule has 1 aliphatic rings. The van der Waals surface area contributed by atoms with Crippen molar-refractivity contribution in [2.45, 2.75) is 6.42 Å². The number of nitro groups is 1. The summed E-state index contributed by atoms with van der Waals surface area (Å²) in [7, 11) is 0. The SMILES string of the molecule is O=C(Cc1nc2c3c(ccc2[nH]c1=O)C(=O)c1ccccc1C3=O)C(=O)Nc1ccccc1[N+](=O)[O-]. The van der Waals surface area contributed by atoms with Gasteiger partial charge in [-0.15, -0.1) is 0 Å². The molecule has 5 rings (SSSR count). The van der Waals surface area contributed by atoms with E-state index < -0.39 is 40.1 Å². The van der Waals surface area contributed by atoms with E-state index in [-0.39, 0.29) is 50.5 Å². The van der Waals surface area contributed by atoms with Crippen LogP contribution in [0.1, 0.15) is 37.5 Å². The van der Waals surface area contributed by atoms with Crippen molar-refractivity contribution in [3.8, 4) is 0 Å². The second-order valence-electron chi connectivity index (χ2n) is 7.93. The van der Waals surface area contributed by atoms with Gasteiger partial charge in [0.25, 0.3) is 17.2 Å². The second kappa shape index (κ2) is 8.47. The monoisotopic (exact) mass is 482 g/mol. The van der Waals surface area contributed by atoms with Crippen molar-refractivity contribution < 1.29 is 24.1 Å². The van der Waals surface area contributed by atoms with Crippen LogP contribution in [0.3, 0.4) is 0 Å². The predicted octanol–water partition coefficient (Wildman–Crippen LogP) is 2.36. The predicted molar refractivity (Wildman–Crippen MR) is 126 cm³/mol. The molecule has 0 unspecified atom stereocenters. The molecule has 1 amide bonds. The molecule has 3 aromatic carbocycles. The molecule has 36 heavy (non-hydrogen) atoms. The third kappa shape index (κ3) is 3.64. The van der Waals surface area contributed by atoms with Crippen molar-refractivity contribution in [2.75, 3.05) is 5.32 Å². The molecule has 0 bridgehead atoms. The maximum atomic E-state index is 13.2. The third-order valence-corrected chi connectivity index (χ3v) is 5.75. The lowest BCUT2D eigenvalue weighted by atomic mass is 9.83. The van der Waals surface area contributed by atoms with Crippen LogP contribution in [0, 0.1) is 10.1 Å². The first-order chi connectivity index (χ1) is 17.3. The van der Waals surface area contributed by atoms with Gasteiger partial charge in [-0.05, 0) is 18.2 Å². The number of Topliss-reactive ketones (excluding diaryl/α,β-unsaturated/α-hetero) is 1. The molecule has 0 spiro atoms. The Morgan fingerprint density at radius 2 is 1.56 bits per heavy atom. The van der Waals surface area contributed by atoms with Gasteiger partial charge in [-0.3, -0.25) is 34.1 Å². The van der Waals surface area contributed by atoms with E-state index in [0.717, 1.165) is 6.07 Å². The van der Waals surface area contributed by atoms with Gasteiger partial charge in [0.1, 0.15) is 11.4 Å². The average molecular weight is 482 g/mol. The number of aromatic nitrogens is 2. The Balaban J connectivity index is 1.51. The topological polar surface area (TPSA) is 169 Å². The van der Waals surface area contributed by atoms with E-state index in [0.29, 0.717) is 0 Å². The molecule has 0 saturated carbocycles. The number of para-hydroxylation sites is 2. The van der Waals surface area contributed by atoms with E-state index in [4.69, 9.17) is 0 Å². The minimum atomic E-state index is -1.18. The van der Waals surface area contributed by atoms with Crippen LogP contribution in [-0.4, -0.2) is 38.1 Å². The molecule has 1 heterocycles. The first-order valence-electron chi connectivity index (χ1n) is 10.6. The third-order valence-electron chi connectivity index (χ3n) is 5.75. The molecule has 0 atom stereocenters. The number of amides is 1. The molecule has 2 N–H and O–H groups in total. The Hall–Kier alpha value is -5.32. The van der Waals surface area contributed by atoms with E-state index in [1.807, 2.05) is 0 Å². The number of hydrogen-bond donors (Lipinski definition) is 2. The lowest BCUT2D eigenvalue weighted by Gasteiger charge is -2.18. The van der Waals surface area contributed by atoms with E-state index in [9.17, 15) is 34.1 Å². The molecule has 11 nitrogen and oxygen atoms in total. The van der Waals surface area contributed by atoms with Crippen molar-refractivity contribution in [3.63, 3.8) is 0 Å². The summed E-state index contributed by atoms with van der Waals surface area (Å²) in [4.78, 5) is 80.9. The number of aromatic amines is 1. The van der Waals surface area contributed by atoms with Crippen molar-refractivity contribution in [1.29, 1.82) is 0 Å². The summed E-state index contributed by atoms with van der Waals surface area (Å²) < 4.78 is 0. The smallest absolute Gasteiger partial charge is 0.292 e. The molecule has 0 aliphatic heterocycles. The largest absolute Gasteiger partial charge is 0.319 e. The summed E-state index contributed by atoms with van der Waals surface area (Å²) in [6.07, 6.45) is -0.736. The Labute approximate surface area is 200 Å². The quantitative estimate of drug-likeness (QED) is 0.218. The van der Waals surface area contributed by atoms with E-state index in [1.54, 1.807) is 18.2 Å². The van der Waals surface area contributed by atoms with Crippen LogP contribution < -0.4 is 10.9 Å². The number of nitrogens with zero attached hydrogens (tertiary/aromatic N) is 2. The molecule has 4 aromatic rings. The number of hydrogen-bond acceptors (Lipinski definition) is 8. The van der Waals surface area contributed by atoms with Crippen molar-refractivity contribution in [3.05, 3.63) is 109 Å². The first-order valence-corrected chi connectivity index (χ1v) is 10.6. The first kappa shape index (κ1) is 22.5. The van der Waals surface area contributed by atoms with Crippen molar-refractivity contribution in [2.24, 2.45) is 0 Å². The minimum absolute atomic E-state index is 0.00879. The molecule has 11 heteroatoms. The second-order valence-corrected chi connectivity index (χ2v) is 7.93. The Kier molecular flexibility index (Phi) is 5.29. The number of fused-ring (bicyclic) bond motifs is 4. The zero-order chi connectivity index (χ0) is 25.6. The zero-order valence-electron chi connectivity index (χ0n) is 18.2. The molecule has 0 saturated heterocycles. The number of carbonyl (C=O) groups is 4. The van der Waals surface area contributed by atoms with E-state index in [1.165, 1.54) is 36.4 Å². The number of ketones is 3. The lowest BCUT2D eigenvalue weighted by molar-refractivity contribution is -0.383. The van der Waals surface area contributed by atoms with Crippen LogP contribution in [-0.2, 0) is 16.0 Å². The maximum Gasteiger partial charge on any atom is 0.292 e. The van der Waals surface area contributed by atoms with Crippen LogP contribution >= 0.6 is 0 Å². The Bertz CT molecular complexity index is 1720. The number of benzene rings is 3. The van der Waals surface area contributed by atoms with Gasteiger partial charge in [-0.2, -0.15) is 0 Å². The molecular formula is C25H14N4O7.